The zero-order valence-electron chi connectivity index (χ0n) is 14.1. The lowest BCUT2D eigenvalue weighted by atomic mass is 10.0. The van der Waals surface area contributed by atoms with Crippen LogP contribution < -0.4 is 15.6 Å². The SMILES string of the molecule is O=C1CCc2cc(S(=O)(=O)NNC(=O)c3c[nH]c4ccccc34)ccc2N1. The number of aromatic nitrogens is 1. The first-order valence-electron chi connectivity index (χ1n) is 8.25. The molecular weight excluding hydrogens is 368 g/mol. The third kappa shape index (κ3) is 3.29. The van der Waals surface area contributed by atoms with Gasteiger partial charge < -0.3 is 10.3 Å². The number of hydrogen-bond donors (Lipinski definition) is 4. The first-order valence-corrected chi connectivity index (χ1v) is 9.73. The summed E-state index contributed by atoms with van der Waals surface area (Å²) in [5, 5.41) is 3.39. The monoisotopic (exact) mass is 384 g/mol. The second-order valence-corrected chi connectivity index (χ2v) is 7.86. The van der Waals surface area contributed by atoms with E-state index < -0.39 is 15.9 Å². The highest BCUT2D eigenvalue weighted by molar-refractivity contribution is 7.89. The van der Waals surface area contributed by atoms with Crippen LogP contribution in [-0.4, -0.2) is 25.2 Å². The average molecular weight is 384 g/mol. The van der Waals surface area contributed by atoms with Gasteiger partial charge in [-0.1, -0.05) is 18.2 Å². The van der Waals surface area contributed by atoms with Gasteiger partial charge in [-0.2, -0.15) is 0 Å². The molecular formula is C18H16N4O4S. The number of rotatable bonds is 4. The van der Waals surface area contributed by atoms with Crippen LogP contribution in [-0.2, 0) is 21.2 Å². The second kappa shape index (κ2) is 6.53. The Bertz CT molecular complexity index is 1170. The van der Waals surface area contributed by atoms with Gasteiger partial charge in [0.1, 0.15) is 0 Å². The van der Waals surface area contributed by atoms with Crippen molar-refractivity contribution in [3.63, 3.8) is 0 Å². The van der Waals surface area contributed by atoms with Crippen molar-refractivity contribution in [3.8, 4) is 0 Å². The fourth-order valence-corrected chi connectivity index (χ4v) is 3.92. The summed E-state index contributed by atoms with van der Waals surface area (Å²) in [7, 11) is -3.95. The molecule has 138 valence electrons. The Morgan fingerprint density at radius 3 is 2.74 bits per heavy atom. The van der Waals surface area contributed by atoms with Crippen molar-refractivity contribution >= 4 is 38.4 Å². The largest absolute Gasteiger partial charge is 0.360 e. The number of hydrogen-bond acceptors (Lipinski definition) is 4. The molecule has 2 heterocycles. The number of carbonyl (C=O) groups is 2. The molecule has 9 heteroatoms. The second-order valence-electron chi connectivity index (χ2n) is 6.17. The van der Waals surface area contributed by atoms with Gasteiger partial charge in [0.2, 0.25) is 5.91 Å². The summed E-state index contributed by atoms with van der Waals surface area (Å²) in [6.45, 7) is 0. The number of anilines is 1. The number of H-pyrrole nitrogens is 1. The predicted molar refractivity (Wildman–Crippen MR) is 99.5 cm³/mol. The number of amides is 2. The number of para-hydroxylation sites is 1. The predicted octanol–water partition coefficient (Wildman–Crippen LogP) is 1.68. The number of aryl methyl sites for hydroxylation is 1. The van der Waals surface area contributed by atoms with Gasteiger partial charge >= 0.3 is 0 Å². The minimum absolute atomic E-state index is 0.0108. The van der Waals surface area contributed by atoms with Crippen molar-refractivity contribution in [2.24, 2.45) is 0 Å². The highest BCUT2D eigenvalue weighted by atomic mass is 32.2. The number of aromatic amines is 1. The third-order valence-electron chi connectivity index (χ3n) is 4.42. The molecule has 4 rings (SSSR count). The molecule has 0 fully saturated rings. The van der Waals surface area contributed by atoms with E-state index >= 15 is 0 Å². The van der Waals surface area contributed by atoms with E-state index in [-0.39, 0.29) is 10.8 Å². The Kier molecular flexibility index (Phi) is 4.17. The molecule has 0 saturated heterocycles. The zero-order valence-corrected chi connectivity index (χ0v) is 14.9. The van der Waals surface area contributed by atoms with Gasteiger partial charge in [-0.05, 0) is 36.2 Å². The summed E-state index contributed by atoms with van der Waals surface area (Å²) >= 11 is 0. The molecule has 0 aliphatic carbocycles. The molecule has 0 atom stereocenters. The summed E-state index contributed by atoms with van der Waals surface area (Å²) in [5.41, 5.74) is 4.69. The number of fused-ring (bicyclic) bond motifs is 2. The van der Waals surface area contributed by atoms with Gasteiger partial charge in [0.15, 0.2) is 0 Å². The number of benzene rings is 2. The topological polar surface area (TPSA) is 120 Å². The third-order valence-corrected chi connectivity index (χ3v) is 5.66. The average Bonchev–Trinajstić information content (AvgIpc) is 3.10. The first kappa shape index (κ1) is 17.3. The lowest BCUT2D eigenvalue weighted by Crippen LogP contribution is -2.41. The zero-order chi connectivity index (χ0) is 19.0. The fourth-order valence-electron chi connectivity index (χ4n) is 3.03. The minimum Gasteiger partial charge on any atom is -0.360 e. The van der Waals surface area contributed by atoms with Gasteiger partial charge in [0.25, 0.3) is 15.9 Å². The quantitative estimate of drug-likeness (QED) is 0.512. The van der Waals surface area contributed by atoms with Crippen LogP contribution in [0.3, 0.4) is 0 Å². The normalized spacial score (nSPS) is 13.9. The summed E-state index contributed by atoms with van der Waals surface area (Å²) in [4.78, 5) is 28.8. The van der Waals surface area contributed by atoms with Gasteiger partial charge in [-0.3, -0.25) is 15.0 Å². The Balaban J connectivity index is 1.52. The molecule has 3 aromatic rings. The van der Waals surface area contributed by atoms with Crippen LogP contribution in [0.2, 0.25) is 0 Å². The highest BCUT2D eigenvalue weighted by Crippen LogP contribution is 2.25. The maximum atomic E-state index is 12.5. The molecule has 4 N–H and O–H groups in total. The number of hydrazine groups is 1. The molecule has 27 heavy (non-hydrogen) atoms. The van der Waals surface area contributed by atoms with Gasteiger partial charge in [-0.15, -0.1) is 4.83 Å². The molecule has 0 radical (unpaired) electrons. The van der Waals surface area contributed by atoms with Crippen molar-refractivity contribution in [3.05, 3.63) is 59.8 Å². The lowest BCUT2D eigenvalue weighted by molar-refractivity contribution is -0.116. The Labute approximate surface area is 155 Å². The maximum Gasteiger partial charge on any atom is 0.268 e. The van der Waals surface area contributed by atoms with E-state index in [9.17, 15) is 18.0 Å². The van der Waals surface area contributed by atoms with E-state index in [0.717, 1.165) is 11.1 Å². The highest BCUT2D eigenvalue weighted by Gasteiger charge is 2.21. The molecule has 1 aliphatic heterocycles. The van der Waals surface area contributed by atoms with Crippen LogP contribution in [0.4, 0.5) is 5.69 Å². The molecule has 0 spiro atoms. The van der Waals surface area contributed by atoms with Crippen LogP contribution in [0.25, 0.3) is 10.9 Å². The van der Waals surface area contributed by atoms with Gasteiger partial charge in [0, 0.05) is 29.2 Å². The van der Waals surface area contributed by atoms with E-state index in [2.05, 4.69) is 20.6 Å². The van der Waals surface area contributed by atoms with Gasteiger partial charge in [0.05, 0.1) is 10.5 Å². The van der Waals surface area contributed by atoms with Crippen LogP contribution in [0.5, 0.6) is 0 Å². The van der Waals surface area contributed by atoms with Crippen molar-refractivity contribution < 1.29 is 18.0 Å². The van der Waals surface area contributed by atoms with Crippen LogP contribution in [0, 0.1) is 0 Å². The van der Waals surface area contributed by atoms with E-state index in [1.54, 1.807) is 18.2 Å². The van der Waals surface area contributed by atoms with Gasteiger partial charge in [-0.25, -0.2) is 8.42 Å². The number of carbonyl (C=O) groups excluding carboxylic acids is 2. The van der Waals surface area contributed by atoms with E-state index in [0.29, 0.717) is 29.5 Å². The number of sulfonamides is 1. The Morgan fingerprint density at radius 1 is 1.07 bits per heavy atom. The van der Waals surface area contributed by atoms with Crippen molar-refractivity contribution in [1.29, 1.82) is 0 Å². The van der Waals surface area contributed by atoms with Crippen LogP contribution >= 0.6 is 0 Å². The van der Waals surface area contributed by atoms with Crippen LogP contribution in [0.15, 0.2) is 53.6 Å². The van der Waals surface area contributed by atoms with E-state index in [1.807, 2.05) is 12.1 Å². The van der Waals surface area contributed by atoms with Crippen LogP contribution in [0.1, 0.15) is 22.3 Å². The Hall–Kier alpha value is -3.17. The maximum absolute atomic E-state index is 12.5. The molecule has 0 unspecified atom stereocenters. The molecule has 0 saturated carbocycles. The molecule has 1 aliphatic rings. The first-order chi connectivity index (χ1) is 12.9. The molecule has 0 bridgehead atoms. The Morgan fingerprint density at radius 2 is 1.89 bits per heavy atom. The summed E-state index contributed by atoms with van der Waals surface area (Å²) in [5.74, 6) is -0.663. The lowest BCUT2D eigenvalue weighted by Gasteiger charge is -2.17. The summed E-state index contributed by atoms with van der Waals surface area (Å²) in [6.07, 6.45) is 2.29. The molecule has 8 nitrogen and oxygen atoms in total. The van der Waals surface area contributed by atoms with Crippen molar-refractivity contribution in [2.45, 2.75) is 17.7 Å². The minimum atomic E-state index is -3.95. The fraction of sp³-hybridized carbons (Fsp3) is 0.111. The van der Waals surface area contributed by atoms with E-state index in [4.69, 9.17) is 0 Å². The van der Waals surface area contributed by atoms with Crippen molar-refractivity contribution in [1.82, 2.24) is 15.2 Å². The summed E-state index contributed by atoms with van der Waals surface area (Å²) < 4.78 is 25.0. The summed E-state index contributed by atoms with van der Waals surface area (Å²) in [6, 6.07) is 11.6. The smallest absolute Gasteiger partial charge is 0.268 e. The molecule has 1 aromatic heterocycles. The molecule has 2 amide bonds. The standard InChI is InChI=1S/C18H16N4O4S/c23-17-8-5-11-9-12(6-7-15(11)20-17)27(25,26)22-21-18(24)14-10-19-16-4-2-1-3-13(14)16/h1-4,6-7,9-10,19,22H,5,8H2,(H,20,23)(H,21,24). The van der Waals surface area contributed by atoms with Crippen molar-refractivity contribution in [2.75, 3.05) is 5.32 Å². The van der Waals surface area contributed by atoms with E-state index in [1.165, 1.54) is 18.3 Å². The molecule has 2 aromatic carbocycles. The number of nitrogens with one attached hydrogen (secondary N) is 4.